The lowest BCUT2D eigenvalue weighted by Gasteiger charge is -2.43. The van der Waals surface area contributed by atoms with Crippen LogP contribution in [0.4, 0.5) is 5.69 Å². The first-order valence-electron chi connectivity index (χ1n) is 9.49. The number of amides is 1. The first-order chi connectivity index (χ1) is 13.4. The number of halogens is 1. The Kier molecular flexibility index (Phi) is 5.45. The number of piperazine rings is 1. The molecule has 0 spiro atoms. The minimum absolute atomic E-state index is 0.00506. The van der Waals surface area contributed by atoms with Gasteiger partial charge in [0.15, 0.2) is 9.84 Å². The molecule has 28 heavy (non-hydrogen) atoms. The lowest BCUT2D eigenvalue weighted by Crippen LogP contribution is -2.62. The third-order valence-corrected chi connectivity index (χ3v) is 7.48. The van der Waals surface area contributed by atoms with Gasteiger partial charge in [0.1, 0.15) is 0 Å². The van der Waals surface area contributed by atoms with E-state index in [-0.39, 0.29) is 36.0 Å². The Morgan fingerprint density at radius 3 is 2.50 bits per heavy atom. The zero-order valence-corrected chi connectivity index (χ0v) is 17.1. The van der Waals surface area contributed by atoms with Crippen molar-refractivity contribution < 1.29 is 13.2 Å². The number of anilines is 1. The molecule has 0 radical (unpaired) electrons. The average Bonchev–Trinajstić information content (AvgIpc) is 2.97. The van der Waals surface area contributed by atoms with Gasteiger partial charge in [0.25, 0.3) is 0 Å². The molecule has 2 fully saturated rings. The van der Waals surface area contributed by atoms with Crippen molar-refractivity contribution in [3.63, 3.8) is 0 Å². The minimum Gasteiger partial charge on any atom is -0.306 e. The standard InChI is InChI=1S/C21H23ClN2O3S/c22-17-9-4-10-18(12-17)24-20-15-28(26,27)14-19(20)23(13-21(24)25)11-5-8-16-6-2-1-3-7-16/h1-4,6-7,9-10,12,19-20H,5,8,11,13-15H2/t19-,20-/m1/s1. The van der Waals surface area contributed by atoms with Crippen molar-refractivity contribution >= 4 is 33.0 Å². The number of rotatable bonds is 5. The van der Waals surface area contributed by atoms with E-state index in [0.717, 1.165) is 12.8 Å². The van der Waals surface area contributed by atoms with Crippen LogP contribution >= 0.6 is 11.6 Å². The van der Waals surface area contributed by atoms with Crippen molar-refractivity contribution in [3.8, 4) is 0 Å². The van der Waals surface area contributed by atoms with Crippen LogP contribution in [-0.4, -0.2) is 55.9 Å². The summed E-state index contributed by atoms with van der Waals surface area (Å²) in [7, 11) is -3.18. The maximum Gasteiger partial charge on any atom is 0.241 e. The van der Waals surface area contributed by atoms with Gasteiger partial charge in [-0.1, -0.05) is 48.0 Å². The molecule has 0 N–H and O–H groups in total. The largest absolute Gasteiger partial charge is 0.306 e. The molecule has 2 aromatic carbocycles. The molecule has 2 atom stereocenters. The molecule has 2 heterocycles. The fraction of sp³-hybridized carbons (Fsp3) is 0.381. The van der Waals surface area contributed by atoms with Crippen LogP contribution in [0.2, 0.25) is 5.02 Å². The van der Waals surface area contributed by atoms with Gasteiger partial charge in [0.2, 0.25) is 5.91 Å². The Balaban J connectivity index is 1.53. The summed E-state index contributed by atoms with van der Waals surface area (Å²) in [6, 6.07) is 16.8. The van der Waals surface area contributed by atoms with Gasteiger partial charge in [-0.2, -0.15) is 0 Å². The molecule has 148 valence electrons. The fourth-order valence-electron chi connectivity index (χ4n) is 4.30. The molecule has 0 bridgehead atoms. The molecule has 7 heteroatoms. The molecule has 0 aromatic heterocycles. The smallest absolute Gasteiger partial charge is 0.241 e. The zero-order chi connectivity index (χ0) is 19.7. The van der Waals surface area contributed by atoms with Crippen molar-refractivity contribution in [2.45, 2.75) is 24.9 Å². The number of aryl methyl sites for hydroxylation is 1. The molecule has 2 aliphatic rings. The lowest BCUT2D eigenvalue weighted by molar-refractivity contribution is -0.123. The summed E-state index contributed by atoms with van der Waals surface area (Å²) in [5.41, 5.74) is 1.93. The van der Waals surface area contributed by atoms with Crippen LogP contribution in [0.15, 0.2) is 54.6 Å². The SMILES string of the molecule is O=C1CN(CCCc2ccccc2)[C@@H]2CS(=O)(=O)C[C@H]2N1c1cccc(Cl)c1. The van der Waals surface area contributed by atoms with Crippen molar-refractivity contribution in [3.05, 3.63) is 65.2 Å². The molecule has 0 saturated carbocycles. The van der Waals surface area contributed by atoms with Crippen LogP contribution in [-0.2, 0) is 21.1 Å². The average molecular weight is 419 g/mol. The lowest BCUT2D eigenvalue weighted by atomic mass is 10.0. The molecule has 2 saturated heterocycles. The van der Waals surface area contributed by atoms with Crippen molar-refractivity contribution in [1.82, 2.24) is 4.90 Å². The van der Waals surface area contributed by atoms with E-state index in [9.17, 15) is 13.2 Å². The maximum atomic E-state index is 12.9. The second-order valence-corrected chi connectivity index (χ2v) is 10.1. The van der Waals surface area contributed by atoms with Gasteiger partial charge in [-0.25, -0.2) is 8.42 Å². The Morgan fingerprint density at radius 2 is 1.75 bits per heavy atom. The molecule has 0 aliphatic carbocycles. The van der Waals surface area contributed by atoms with Crippen LogP contribution in [0.25, 0.3) is 0 Å². The minimum atomic E-state index is -3.18. The highest BCUT2D eigenvalue weighted by atomic mass is 35.5. The van der Waals surface area contributed by atoms with Crippen LogP contribution in [0.1, 0.15) is 12.0 Å². The number of hydrogen-bond donors (Lipinski definition) is 0. The molecule has 2 aliphatic heterocycles. The molecular weight excluding hydrogens is 396 g/mol. The monoisotopic (exact) mass is 418 g/mol. The zero-order valence-electron chi connectivity index (χ0n) is 15.5. The van der Waals surface area contributed by atoms with Gasteiger partial charge in [-0.05, 0) is 43.1 Å². The first-order valence-corrected chi connectivity index (χ1v) is 11.7. The second-order valence-electron chi connectivity index (χ2n) is 7.51. The Morgan fingerprint density at radius 1 is 1.00 bits per heavy atom. The number of sulfone groups is 1. The second kappa shape index (κ2) is 7.85. The number of carbonyl (C=O) groups is 1. The Bertz CT molecular complexity index is 965. The Labute approximate surface area is 170 Å². The number of nitrogens with zero attached hydrogens (tertiary/aromatic N) is 2. The Hall–Kier alpha value is -1.89. The molecule has 4 rings (SSSR count). The molecule has 1 amide bonds. The van der Waals surface area contributed by atoms with Crippen LogP contribution in [0, 0.1) is 0 Å². The van der Waals surface area contributed by atoms with E-state index >= 15 is 0 Å². The van der Waals surface area contributed by atoms with Gasteiger partial charge in [0, 0.05) is 16.8 Å². The third kappa shape index (κ3) is 4.09. The van der Waals surface area contributed by atoms with E-state index in [1.807, 2.05) is 24.3 Å². The van der Waals surface area contributed by atoms with Gasteiger partial charge in [-0.15, -0.1) is 0 Å². The number of hydrogen-bond acceptors (Lipinski definition) is 4. The number of benzene rings is 2. The van der Waals surface area contributed by atoms with E-state index in [4.69, 9.17) is 11.6 Å². The summed E-state index contributed by atoms with van der Waals surface area (Å²) in [4.78, 5) is 16.7. The highest BCUT2D eigenvalue weighted by Crippen LogP contribution is 2.32. The summed E-state index contributed by atoms with van der Waals surface area (Å²) in [6.07, 6.45) is 1.80. The van der Waals surface area contributed by atoms with Gasteiger partial charge in [0.05, 0.1) is 24.1 Å². The fourth-order valence-corrected chi connectivity index (χ4v) is 6.46. The van der Waals surface area contributed by atoms with E-state index < -0.39 is 9.84 Å². The number of carbonyl (C=O) groups excluding carboxylic acids is 1. The topological polar surface area (TPSA) is 57.7 Å². The summed E-state index contributed by atoms with van der Waals surface area (Å²) in [5.74, 6) is 0.0404. The van der Waals surface area contributed by atoms with Gasteiger partial charge >= 0.3 is 0 Å². The van der Waals surface area contributed by atoms with Crippen LogP contribution in [0.5, 0.6) is 0 Å². The van der Waals surface area contributed by atoms with E-state index in [1.165, 1.54) is 5.56 Å². The summed E-state index contributed by atoms with van der Waals surface area (Å²) >= 11 is 6.10. The van der Waals surface area contributed by atoms with Gasteiger partial charge in [-0.3, -0.25) is 9.69 Å². The van der Waals surface area contributed by atoms with E-state index in [1.54, 1.807) is 23.1 Å². The van der Waals surface area contributed by atoms with Crippen LogP contribution in [0.3, 0.4) is 0 Å². The van der Waals surface area contributed by atoms with Crippen LogP contribution < -0.4 is 4.90 Å². The number of fused-ring (bicyclic) bond motifs is 1. The van der Waals surface area contributed by atoms with E-state index in [2.05, 4.69) is 17.0 Å². The maximum absolute atomic E-state index is 12.9. The first kappa shape index (κ1) is 19.4. The molecular formula is C21H23ClN2O3S. The summed E-state index contributed by atoms with van der Waals surface area (Å²) < 4.78 is 24.8. The van der Waals surface area contributed by atoms with Crippen molar-refractivity contribution in [1.29, 1.82) is 0 Å². The highest BCUT2D eigenvalue weighted by molar-refractivity contribution is 7.91. The van der Waals surface area contributed by atoms with Crippen molar-refractivity contribution in [2.75, 3.05) is 29.5 Å². The highest BCUT2D eigenvalue weighted by Gasteiger charge is 2.49. The summed E-state index contributed by atoms with van der Waals surface area (Å²) in [6.45, 7) is 0.943. The molecule has 2 aromatic rings. The van der Waals surface area contributed by atoms with Crippen molar-refractivity contribution in [2.24, 2.45) is 0 Å². The van der Waals surface area contributed by atoms with Gasteiger partial charge < -0.3 is 4.90 Å². The molecule has 0 unspecified atom stereocenters. The normalized spacial score (nSPS) is 24.3. The third-order valence-electron chi connectivity index (χ3n) is 5.54. The summed E-state index contributed by atoms with van der Waals surface area (Å²) in [5, 5.41) is 0.535. The van der Waals surface area contributed by atoms with E-state index in [0.29, 0.717) is 17.3 Å². The predicted molar refractivity (Wildman–Crippen MR) is 112 cm³/mol. The predicted octanol–water partition coefficient (Wildman–Crippen LogP) is 2.79. The molecule has 5 nitrogen and oxygen atoms in total. The quantitative estimate of drug-likeness (QED) is 0.749.